The summed E-state index contributed by atoms with van der Waals surface area (Å²) in [5.41, 5.74) is 1.45. The van der Waals surface area contributed by atoms with Gasteiger partial charge in [0, 0.05) is 30.1 Å². The smallest absolute Gasteiger partial charge is 0.258 e. The van der Waals surface area contributed by atoms with Crippen LogP contribution in [0.1, 0.15) is 30.1 Å². The highest BCUT2D eigenvalue weighted by molar-refractivity contribution is 5.94. The van der Waals surface area contributed by atoms with Crippen LogP contribution in [-0.2, 0) is 0 Å². The van der Waals surface area contributed by atoms with Gasteiger partial charge >= 0.3 is 0 Å². The van der Waals surface area contributed by atoms with E-state index in [0.717, 1.165) is 38.1 Å². The van der Waals surface area contributed by atoms with Crippen LogP contribution in [-0.4, -0.2) is 43.9 Å². The van der Waals surface area contributed by atoms with Crippen molar-refractivity contribution in [1.82, 2.24) is 24.9 Å². The maximum Gasteiger partial charge on any atom is 0.258 e. The average Bonchev–Trinajstić information content (AvgIpc) is 3.30. The number of nitrogens with one attached hydrogen (secondary N) is 1. The van der Waals surface area contributed by atoms with E-state index in [2.05, 4.69) is 22.2 Å². The highest BCUT2D eigenvalue weighted by Crippen LogP contribution is 2.22. The van der Waals surface area contributed by atoms with Crippen LogP contribution in [0.25, 0.3) is 27.8 Å². The average molecular weight is 449 g/mol. The Bertz CT molecular complexity index is 1400. The second kappa shape index (κ2) is 8.23. The van der Waals surface area contributed by atoms with E-state index in [-0.39, 0.29) is 22.7 Å². The molecule has 2 aromatic carbocycles. The lowest BCUT2D eigenvalue weighted by molar-refractivity contribution is 0.0697. The van der Waals surface area contributed by atoms with Gasteiger partial charge in [0.15, 0.2) is 11.6 Å². The molecule has 0 aliphatic carbocycles. The van der Waals surface area contributed by atoms with Gasteiger partial charge in [-0.1, -0.05) is 12.1 Å². The third kappa shape index (κ3) is 4.02. The van der Waals surface area contributed by atoms with Gasteiger partial charge in [-0.25, -0.2) is 13.5 Å². The molecule has 168 valence electrons. The van der Waals surface area contributed by atoms with Gasteiger partial charge < -0.3 is 9.88 Å². The lowest BCUT2D eigenvalue weighted by Gasteiger charge is -2.30. The molecule has 1 saturated heterocycles. The Morgan fingerprint density at radius 1 is 1.06 bits per heavy atom. The predicted octanol–water partition coefficient (Wildman–Crippen LogP) is 3.93. The van der Waals surface area contributed by atoms with E-state index in [0.29, 0.717) is 22.6 Å². The van der Waals surface area contributed by atoms with E-state index in [1.165, 1.54) is 10.7 Å². The number of aromatic amines is 1. The SMILES string of the molecule is CC1CCN(C(=O)c2ccc(-n3cc(-c4cc5cc(F)c(F)cc5[nH]c4=O)nn3)cc2)CC1. The number of likely N-dealkylation sites (tertiary alicyclic amines) is 1. The Morgan fingerprint density at radius 3 is 2.48 bits per heavy atom. The first-order valence-corrected chi connectivity index (χ1v) is 10.7. The first-order valence-electron chi connectivity index (χ1n) is 10.7. The summed E-state index contributed by atoms with van der Waals surface area (Å²) in [6.45, 7) is 3.74. The second-order valence-corrected chi connectivity index (χ2v) is 8.44. The lowest BCUT2D eigenvalue weighted by atomic mass is 9.98. The molecule has 0 saturated carbocycles. The minimum absolute atomic E-state index is 0.0131. The molecular weight excluding hydrogens is 428 g/mol. The molecule has 0 radical (unpaired) electrons. The third-order valence-electron chi connectivity index (χ3n) is 6.10. The van der Waals surface area contributed by atoms with Gasteiger partial charge in [-0.15, -0.1) is 5.10 Å². The Labute approximate surface area is 187 Å². The number of aromatic nitrogens is 4. The van der Waals surface area contributed by atoms with E-state index in [4.69, 9.17) is 0 Å². The van der Waals surface area contributed by atoms with Crippen molar-refractivity contribution >= 4 is 16.8 Å². The molecule has 1 N–H and O–H groups in total. The number of carbonyl (C=O) groups excluding carboxylic acids is 1. The fourth-order valence-corrected chi connectivity index (χ4v) is 4.06. The van der Waals surface area contributed by atoms with Crippen molar-refractivity contribution < 1.29 is 13.6 Å². The van der Waals surface area contributed by atoms with Gasteiger partial charge in [-0.3, -0.25) is 9.59 Å². The van der Waals surface area contributed by atoms with E-state index in [1.54, 1.807) is 30.5 Å². The van der Waals surface area contributed by atoms with Crippen LogP contribution in [0, 0.1) is 17.6 Å². The van der Waals surface area contributed by atoms with Gasteiger partial charge in [0.05, 0.1) is 23.0 Å². The van der Waals surface area contributed by atoms with E-state index < -0.39 is 17.2 Å². The van der Waals surface area contributed by atoms with Crippen molar-refractivity contribution in [3.05, 3.63) is 76.2 Å². The summed E-state index contributed by atoms with van der Waals surface area (Å²) >= 11 is 0. The number of fused-ring (bicyclic) bond motifs is 1. The van der Waals surface area contributed by atoms with Crippen molar-refractivity contribution in [3.8, 4) is 16.9 Å². The van der Waals surface area contributed by atoms with E-state index in [9.17, 15) is 18.4 Å². The van der Waals surface area contributed by atoms with Gasteiger partial charge in [-0.05, 0) is 55.2 Å². The van der Waals surface area contributed by atoms with Crippen LogP contribution in [0.15, 0.2) is 53.5 Å². The van der Waals surface area contributed by atoms with Crippen molar-refractivity contribution in [2.24, 2.45) is 5.92 Å². The molecule has 0 bridgehead atoms. The molecule has 9 heteroatoms. The van der Waals surface area contributed by atoms with Crippen LogP contribution in [0.3, 0.4) is 0 Å². The lowest BCUT2D eigenvalue weighted by Crippen LogP contribution is -2.37. The van der Waals surface area contributed by atoms with Crippen LogP contribution >= 0.6 is 0 Å². The Balaban J connectivity index is 1.40. The molecule has 4 aromatic rings. The topological polar surface area (TPSA) is 83.9 Å². The summed E-state index contributed by atoms with van der Waals surface area (Å²) in [5, 5.41) is 8.47. The predicted molar refractivity (Wildman–Crippen MR) is 119 cm³/mol. The molecule has 0 atom stereocenters. The molecule has 1 aliphatic rings. The first kappa shape index (κ1) is 21.0. The molecule has 3 heterocycles. The van der Waals surface area contributed by atoms with Crippen LogP contribution in [0.5, 0.6) is 0 Å². The van der Waals surface area contributed by atoms with Crippen molar-refractivity contribution in [2.45, 2.75) is 19.8 Å². The second-order valence-electron chi connectivity index (χ2n) is 8.44. The molecule has 2 aromatic heterocycles. The molecule has 0 unspecified atom stereocenters. The fraction of sp³-hybridized carbons (Fsp3) is 0.250. The highest BCUT2D eigenvalue weighted by atomic mass is 19.2. The minimum atomic E-state index is -1.03. The Kier molecular flexibility index (Phi) is 5.24. The maximum atomic E-state index is 13.6. The number of piperidine rings is 1. The largest absolute Gasteiger partial charge is 0.339 e. The molecule has 1 aliphatic heterocycles. The van der Waals surface area contributed by atoms with Gasteiger partial charge in [0.2, 0.25) is 0 Å². The highest BCUT2D eigenvalue weighted by Gasteiger charge is 2.21. The normalized spacial score (nSPS) is 14.7. The number of H-pyrrole nitrogens is 1. The standard InChI is InChI=1S/C24H21F2N5O2/c1-14-6-8-30(9-7-14)24(33)15-2-4-17(5-3-15)31-13-22(28-29-31)18-10-16-11-19(25)20(26)12-21(16)27-23(18)32/h2-5,10-14H,6-9H2,1H3,(H,27,32). The number of hydrogen-bond donors (Lipinski definition) is 1. The van der Waals surface area contributed by atoms with Crippen molar-refractivity contribution in [2.75, 3.05) is 13.1 Å². The van der Waals surface area contributed by atoms with Crippen LogP contribution in [0.4, 0.5) is 8.78 Å². The molecule has 5 rings (SSSR count). The number of rotatable bonds is 3. The Hall–Kier alpha value is -3.88. The fourth-order valence-electron chi connectivity index (χ4n) is 4.06. The molecule has 0 spiro atoms. The molecule has 1 fully saturated rings. The third-order valence-corrected chi connectivity index (χ3v) is 6.10. The molecule has 1 amide bonds. The van der Waals surface area contributed by atoms with E-state index >= 15 is 0 Å². The number of benzene rings is 2. The summed E-state index contributed by atoms with van der Waals surface area (Å²) < 4.78 is 28.5. The summed E-state index contributed by atoms with van der Waals surface area (Å²) in [6, 6.07) is 10.4. The summed E-state index contributed by atoms with van der Waals surface area (Å²) in [4.78, 5) is 29.6. The van der Waals surface area contributed by atoms with Gasteiger partial charge in [-0.2, -0.15) is 0 Å². The first-order chi connectivity index (χ1) is 15.9. The quantitative estimate of drug-likeness (QED) is 0.514. The summed E-state index contributed by atoms with van der Waals surface area (Å²) in [5.74, 6) is -1.38. The van der Waals surface area contributed by atoms with E-state index in [1.807, 2.05) is 4.90 Å². The summed E-state index contributed by atoms with van der Waals surface area (Å²) in [6.07, 6.45) is 3.60. The van der Waals surface area contributed by atoms with Gasteiger partial charge in [0.1, 0.15) is 5.69 Å². The minimum Gasteiger partial charge on any atom is -0.339 e. The van der Waals surface area contributed by atoms with Crippen LogP contribution < -0.4 is 5.56 Å². The van der Waals surface area contributed by atoms with Gasteiger partial charge in [0.25, 0.3) is 11.5 Å². The zero-order chi connectivity index (χ0) is 23.1. The zero-order valence-electron chi connectivity index (χ0n) is 17.9. The number of nitrogens with zero attached hydrogens (tertiary/aromatic N) is 4. The number of carbonyl (C=O) groups is 1. The van der Waals surface area contributed by atoms with Crippen LogP contribution in [0.2, 0.25) is 0 Å². The summed E-state index contributed by atoms with van der Waals surface area (Å²) in [7, 11) is 0. The number of pyridine rings is 1. The monoisotopic (exact) mass is 449 g/mol. The Morgan fingerprint density at radius 2 is 1.76 bits per heavy atom. The molecule has 33 heavy (non-hydrogen) atoms. The molecule has 7 nitrogen and oxygen atoms in total. The number of amides is 1. The maximum absolute atomic E-state index is 13.6. The number of halogens is 2. The van der Waals surface area contributed by atoms with Crippen molar-refractivity contribution in [3.63, 3.8) is 0 Å². The zero-order valence-corrected chi connectivity index (χ0v) is 17.9. The molecular formula is C24H21F2N5O2. The van der Waals surface area contributed by atoms with Crippen molar-refractivity contribution in [1.29, 1.82) is 0 Å². The number of hydrogen-bond acceptors (Lipinski definition) is 4.